The fourth-order valence-electron chi connectivity index (χ4n) is 9.45. The van der Waals surface area contributed by atoms with Gasteiger partial charge in [0.25, 0.3) is 0 Å². The minimum atomic E-state index is -0.212. The van der Waals surface area contributed by atoms with Gasteiger partial charge in [0, 0.05) is 17.4 Å². The summed E-state index contributed by atoms with van der Waals surface area (Å²) in [6.45, 7) is 16.5. The Hall–Kier alpha value is -1.38. The normalized spacial score (nSPS) is 40.4. The van der Waals surface area contributed by atoms with Gasteiger partial charge in [0.05, 0.1) is 7.11 Å². The van der Waals surface area contributed by atoms with Crippen molar-refractivity contribution in [3.8, 4) is 0 Å². The topological polar surface area (TPSA) is 43.4 Å². The number of Topliss-reactive ketones (excluding diaryl/α,β-unsaturated/α-hetero) is 1. The summed E-state index contributed by atoms with van der Waals surface area (Å²) < 4.78 is 4.85. The van der Waals surface area contributed by atoms with Crippen molar-refractivity contribution >= 4 is 11.8 Å². The van der Waals surface area contributed by atoms with Crippen LogP contribution in [0.25, 0.3) is 0 Å². The van der Waals surface area contributed by atoms with Crippen LogP contribution in [0.4, 0.5) is 0 Å². The summed E-state index contributed by atoms with van der Waals surface area (Å²) in [4.78, 5) is 24.6. The molecule has 0 bridgehead atoms. The van der Waals surface area contributed by atoms with Crippen LogP contribution in [0, 0.1) is 39.4 Å². The number of esters is 1. The molecule has 0 spiro atoms. The highest BCUT2D eigenvalue weighted by molar-refractivity contribution is 5.87. The molecule has 190 valence electrons. The molecule has 0 aromatic carbocycles. The molecule has 0 aliphatic heterocycles. The number of carbonyl (C=O) groups excluding carboxylic acids is 2. The molecule has 4 aliphatic carbocycles. The van der Waals surface area contributed by atoms with Crippen molar-refractivity contribution in [2.24, 2.45) is 39.4 Å². The van der Waals surface area contributed by atoms with Crippen molar-refractivity contribution in [1.29, 1.82) is 0 Å². The third kappa shape index (κ3) is 3.58. The maximum absolute atomic E-state index is 12.8. The number of methoxy groups -OCH3 is 1. The van der Waals surface area contributed by atoms with Gasteiger partial charge in [-0.2, -0.15) is 0 Å². The molecule has 0 heterocycles. The van der Waals surface area contributed by atoms with Gasteiger partial charge in [-0.1, -0.05) is 58.8 Å². The molecule has 0 aromatic rings. The molecule has 0 saturated heterocycles. The van der Waals surface area contributed by atoms with Gasteiger partial charge in [-0.3, -0.25) is 4.79 Å². The maximum atomic E-state index is 12.8. The van der Waals surface area contributed by atoms with Crippen LogP contribution < -0.4 is 0 Å². The number of ether oxygens (including phenoxy) is 1. The molecule has 0 amide bonds. The number of fused-ring (bicyclic) bond motifs is 4. The Bertz CT molecular complexity index is 923. The highest BCUT2D eigenvalue weighted by Gasteiger charge is 2.63. The van der Waals surface area contributed by atoms with E-state index in [0.29, 0.717) is 23.0 Å². The monoisotopic (exact) mass is 468 g/mol. The van der Waals surface area contributed by atoms with Crippen molar-refractivity contribution in [1.82, 2.24) is 0 Å². The predicted molar refractivity (Wildman–Crippen MR) is 138 cm³/mol. The van der Waals surface area contributed by atoms with Crippen LogP contribution in [0.3, 0.4) is 0 Å². The fourth-order valence-corrected chi connectivity index (χ4v) is 9.45. The summed E-state index contributed by atoms with van der Waals surface area (Å²) in [5, 5.41) is 0. The second-order valence-corrected chi connectivity index (χ2v) is 13.4. The lowest BCUT2D eigenvalue weighted by Crippen LogP contribution is -2.53. The smallest absolute Gasteiger partial charge is 0.333 e. The predicted octanol–water partition coefficient (Wildman–Crippen LogP) is 7.84. The molecule has 34 heavy (non-hydrogen) atoms. The van der Waals surface area contributed by atoms with E-state index in [1.54, 1.807) is 11.1 Å². The van der Waals surface area contributed by atoms with Crippen LogP contribution in [0.2, 0.25) is 0 Å². The molecule has 0 radical (unpaired) electrons. The Morgan fingerprint density at radius 2 is 1.74 bits per heavy atom. The first-order valence-corrected chi connectivity index (χ1v) is 13.8. The summed E-state index contributed by atoms with van der Waals surface area (Å²) in [7, 11) is 1.45. The second-order valence-electron chi connectivity index (χ2n) is 13.4. The average molecular weight is 469 g/mol. The number of rotatable bonds is 5. The first-order valence-electron chi connectivity index (χ1n) is 13.8. The van der Waals surface area contributed by atoms with Crippen molar-refractivity contribution < 1.29 is 14.3 Å². The van der Waals surface area contributed by atoms with E-state index in [1.807, 2.05) is 6.92 Å². The molecule has 0 unspecified atom stereocenters. The van der Waals surface area contributed by atoms with Crippen LogP contribution in [-0.4, -0.2) is 18.9 Å². The van der Waals surface area contributed by atoms with Gasteiger partial charge in [-0.15, -0.1) is 0 Å². The molecule has 6 atom stereocenters. The summed E-state index contributed by atoms with van der Waals surface area (Å²) in [6, 6.07) is 0. The number of allylic oxidation sites excluding steroid dienone is 3. The number of carbonyl (C=O) groups is 2. The Morgan fingerprint density at radius 1 is 1.03 bits per heavy atom. The molecule has 0 aromatic heterocycles. The summed E-state index contributed by atoms with van der Waals surface area (Å²) in [5.41, 5.74) is 4.93. The quantitative estimate of drug-likeness (QED) is 0.234. The average Bonchev–Trinajstić information content (AvgIpc) is 3.07. The fraction of sp³-hybridized carbons (Fsp3) is 0.806. The molecule has 0 N–H and O–H groups in total. The van der Waals surface area contributed by atoms with Gasteiger partial charge >= 0.3 is 5.97 Å². The standard InChI is InChI=1S/C31H48O3/c1-20(10-9-11-21(2)27(33)34-8)22-14-18-31(7)24-12-13-25-28(3,4)26(32)16-17-29(25,5)23(24)15-19-30(22,31)6/h11,20,22,25H,9-10,12-19H2,1-8H3/b21-11+/t20-,22+,25+,29-,30+,31-/m1/s1. The summed E-state index contributed by atoms with van der Waals surface area (Å²) in [5.74, 6) is 2.14. The number of hydrogen-bond donors (Lipinski definition) is 0. The third-order valence-corrected chi connectivity index (χ3v) is 11.8. The van der Waals surface area contributed by atoms with Crippen LogP contribution in [0.1, 0.15) is 113 Å². The van der Waals surface area contributed by atoms with Gasteiger partial charge in [0.15, 0.2) is 0 Å². The van der Waals surface area contributed by atoms with E-state index in [2.05, 4.69) is 47.6 Å². The Balaban J connectivity index is 1.58. The summed E-state index contributed by atoms with van der Waals surface area (Å²) >= 11 is 0. The lowest BCUT2D eigenvalue weighted by molar-refractivity contribution is -0.139. The van der Waals surface area contributed by atoms with Gasteiger partial charge in [0.1, 0.15) is 5.78 Å². The zero-order chi connectivity index (χ0) is 25.1. The van der Waals surface area contributed by atoms with E-state index in [4.69, 9.17) is 4.74 Å². The molecular formula is C31H48O3. The van der Waals surface area contributed by atoms with Crippen LogP contribution in [-0.2, 0) is 14.3 Å². The largest absolute Gasteiger partial charge is 0.466 e. The molecule has 4 rings (SSSR count). The first-order chi connectivity index (χ1) is 15.8. The van der Waals surface area contributed by atoms with Crippen LogP contribution >= 0.6 is 0 Å². The zero-order valence-corrected chi connectivity index (χ0v) is 23.1. The maximum Gasteiger partial charge on any atom is 0.333 e. The lowest BCUT2D eigenvalue weighted by atomic mass is 9.43. The minimum Gasteiger partial charge on any atom is -0.466 e. The van der Waals surface area contributed by atoms with Crippen molar-refractivity contribution in [2.75, 3.05) is 7.11 Å². The van der Waals surface area contributed by atoms with Crippen LogP contribution in [0.5, 0.6) is 0 Å². The van der Waals surface area contributed by atoms with E-state index in [1.165, 1.54) is 45.6 Å². The van der Waals surface area contributed by atoms with E-state index in [9.17, 15) is 9.59 Å². The molecule has 4 aliphatic rings. The number of ketones is 1. The minimum absolute atomic E-state index is 0.185. The first kappa shape index (κ1) is 25.7. The highest BCUT2D eigenvalue weighted by atomic mass is 16.5. The SMILES string of the molecule is COC(=O)/C(C)=C/CC[C@@H](C)[C@@H]1CC[C@]2(C)C3=C(CC[C@@]12C)[C@@]1(C)CCC(=O)C(C)(C)[C@@H]1CC3. The molecule has 3 nitrogen and oxygen atoms in total. The lowest BCUT2D eigenvalue weighted by Gasteiger charge is -2.61. The van der Waals surface area contributed by atoms with E-state index >= 15 is 0 Å². The Morgan fingerprint density at radius 3 is 2.41 bits per heavy atom. The molecule has 2 saturated carbocycles. The van der Waals surface area contributed by atoms with Gasteiger partial charge in [0.2, 0.25) is 0 Å². The van der Waals surface area contributed by atoms with Crippen molar-refractivity contribution in [3.63, 3.8) is 0 Å². The Labute approximate surface area is 208 Å². The van der Waals surface area contributed by atoms with E-state index < -0.39 is 0 Å². The second kappa shape index (κ2) is 8.63. The van der Waals surface area contributed by atoms with E-state index in [-0.39, 0.29) is 22.2 Å². The van der Waals surface area contributed by atoms with Crippen molar-refractivity contribution in [3.05, 3.63) is 22.8 Å². The highest BCUT2D eigenvalue weighted by Crippen LogP contribution is 2.72. The van der Waals surface area contributed by atoms with Crippen LogP contribution in [0.15, 0.2) is 22.8 Å². The Kier molecular flexibility index (Phi) is 6.52. The van der Waals surface area contributed by atoms with Crippen molar-refractivity contribution in [2.45, 2.75) is 113 Å². The molecular weight excluding hydrogens is 420 g/mol. The van der Waals surface area contributed by atoms with Gasteiger partial charge in [-0.05, 0) is 98.7 Å². The summed E-state index contributed by atoms with van der Waals surface area (Å²) in [6.07, 6.45) is 13.4. The van der Waals surface area contributed by atoms with E-state index in [0.717, 1.165) is 37.2 Å². The molecule has 3 heteroatoms. The third-order valence-electron chi connectivity index (χ3n) is 11.8. The zero-order valence-electron chi connectivity index (χ0n) is 23.1. The number of hydrogen-bond acceptors (Lipinski definition) is 3. The molecule has 2 fully saturated rings. The van der Waals surface area contributed by atoms with Gasteiger partial charge < -0.3 is 4.74 Å². The van der Waals surface area contributed by atoms with Gasteiger partial charge in [-0.25, -0.2) is 4.79 Å².